The first-order valence-corrected chi connectivity index (χ1v) is 17.3. The van der Waals surface area contributed by atoms with Gasteiger partial charge in [0, 0.05) is 37.1 Å². The van der Waals surface area contributed by atoms with E-state index in [-0.39, 0.29) is 43.4 Å². The number of esters is 1. The van der Waals surface area contributed by atoms with E-state index in [1.807, 2.05) is 60.7 Å². The van der Waals surface area contributed by atoms with Crippen LogP contribution in [0.1, 0.15) is 51.0 Å². The maximum atomic E-state index is 14.5. The third-order valence-electron chi connectivity index (χ3n) is 9.50. The summed E-state index contributed by atoms with van der Waals surface area (Å²) in [6.07, 6.45) is 7.70. The number of nitrogens with zero attached hydrogens (tertiary/aromatic N) is 4. The Morgan fingerprint density at radius 3 is 2.54 bits per heavy atom. The van der Waals surface area contributed by atoms with Gasteiger partial charge in [0.1, 0.15) is 23.4 Å². The predicted molar refractivity (Wildman–Crippen MR) is 186 cm³/mol. The number of allylic oxidation sites excluding steroid dienone is 1. The minimum atomic E-state index is -1.16. The van der Waals surface area contributed by atoms with Crippen LogP contribution in [0.3, 0.4) is 0 Å². The number of hydrogen-bond donors (Lipinski definition) is 1. The minimum Gasteiger partial charge on any atom is -0.497 e. The number of rotatable bonds is 9. The summed E-state index contributed by atoms with van der Waals surface area (Å²) in [5.74, 6) is -0.0600. The number of ether oxygens (including phenoxy) is 4. The van der Waals surface area contributed by atoms with Gasteiger partial charge in [-0.05, 0) is 50.3 Å². The number of amides is 3. The zero-order chi connectivity index (χ0) is 35.1. The van der Waals surface area contributed by atoms with E-state index in [1.165, 1.54) is 7.11 Å². The van der Waals surface area contributed by atoms with Crippen molar-refractivity contribution in [3.63, 3.8) is 0 Å². The molecule has 4 atom stereocenters. The first-order chi connectivity index (χ1) is 24.3. The van der Waals surface area contributed by atoms with Crippen LogP contribution >= 0.6 is 0 Å². The molecular formula is C38H45N5O7. The largest absolute Gasteiger partial charge is 0.497 e. The molecule has 1 aliphatic carbocycles. The Morgan fingerprint density at radius 2 is 1.80 bits per heavy atom. The molecule has 1 aromatic heterocycles. The van der Waals surface area contributed by atoms with Crippen LogP contribution in [0.15, 0.2) is 72.8 Å². The first kappa shape index (κ1) is 34.7. The molecule has 0 radical (unpaired) electrons. The molecule has 0 unspecified atom stereocenters. The quantitative estimate of drug-likeness (QED) is 0.240. The van der Waals surface area contributed by atoms with Crippen molar-refractivity contribution < 1.29 is 33.3 Å². The molecule has 50 heavy (non-hydrogen) atoms. The van der Waals surface area contributed by atoms with Crippen molar-refractivity contribution in [1.29, 1.82) is 0 Å². The Bertz CT molecular complexity index is 1680. The number of aromatic nitrogens is 2. The zero-order valence-corrected chi connectivity index (χ0v) is 28.9. The summed E-state index contributed by atoms with van der Waals surface area (Å²) in [5, 5.41) is 3.03. The van der Waals surface area contributed by atoms with Crippen LogP contribution in [0, 0.1) is 5.92 Å². The smallest absolute Gasteiger partial charge is 0.332 e. The summed E-state index contributed by atoms with van der Waals surface area (Å²) in [7, 11) is 3.10. The molecule has 1 saturated heterocycles. The van der Waals surface area contributed by atoms with Gasteiger partial charge in [0.2, 0.25) is 11.8 Å². The Hall–Kier alpha value is -5.13. The van der Waals surface area contributed by atoms with Gasteiger partial charge in [-0.2, -0.15) is 9.97 Å². The first-order valence-electron chi connectivity index (χ1n) is 17.3. The van der Waals surface area contributed by atoms with Gasteiger partial charge in [-0.15, -0.1) is 0 Å². The van der Waals surface area contributed by atoms with E-state index in [1.54, 1.807) is 29.9 Å². The summed E-state index contributed by atoms with van der Waals surface area (Å²) in [6, 6.07) is 17.9. The van der Waals surface area contributed by atoms with E-state index in [4.69, 9.17) is 18.9 Å². The average Bonchev–Trinajstić information content (AvgIpc) is 3.67. The van der Waals surface area contributed by atoms with Crippen LogP contribution in [0.5, 0.6) is 17.6 Å². The maximum Gasteiger partial charge on any atom is 0.332 e. The second-order valence-corrected chi connectivity index (χ2v) is 12.9. The number of methoxy groups -OCH3 is 2. The van der Waals surface area contributed by atoms with E-state index in [2.05, 4.69) is 21.4 Å². The van der Waals surface area contributed by atoms with Gasteiger partial charge in [-0.3, -0.25) is 4.79 Å². The van der Waals surface area contributed by atoms with Crippen LogP contribution in [0.4, 0.5) is 4.79 Å². The molecule has 264 valence electrons. The number of urea groups is 1. The molecule has 2 aromatic carbocycles. The molecule has 2 aliphatic heterocycles. The number of hydrogen-bond acceptors (Lipinski definition) is 9. The van der Waals surface area contributed by atoms with E-state index >= 15 is 0 Å². The van der Waals surface area contributed by atoms with Crippen molar-refractivity contribution in [2.24, 2.45) is 5.92 Å². The molecule has 6 rings (SSSR count). The highest BCUT2D eigenvalue weighted by Gasteiger charge is 2.62. The van der Waals surface area contributed by atoms with Crippen molar-refractivity contribution in [2.75, 3.05) is 33.9 Å². The van der Waals surface area contributed by atoms with Gasteiger partial charge >= 0.3 is 18.0 Å². The van der Waals surface area contributed by atoms with Crippen LogP contribution in [-0.2, 0) is 20.9 Å². The number of carbonyl (C=O) groups excluding carboxylic acids is 3. The summed E-state index contributed by atoms with van der Waals surface area (Å²) >= 11 is 0. The molecule has 3 aromatic rings. The topological polar surface area (TPSA) is 132 Å². The van der Waals surface area contributed by atoms with Gasteiger partial charge < -0.3 is 34.1 Å². The van der Waals surface area contributed by atoms with Gasteiger partial charge in [0.25, 0.3) is 0 Å². The Kier molecular flexibility index (Phi) is 10.8. The number of carbonyl (C=O) groups is 3. The molecular weight excluding hydrogens is 638 g/mol. The Balaban J connectivity index is 1.31. The number of nitrogens with one attached hydrogen (secondary N) is 1. The van der Waals surface area contributed by atoms with Gasteiger partial charge in [-0.25, -0.2) is 9.59 Å². The Morgan fingerprint density at radius 1 is 1.00 bits per heavy atom. The highest BCUT2D eigenvalue weighted by atomic mass is 16.5. The summed E-state index contributed by atoms with van der Waals surface area (Å²) in [6.45, 7) is 2.96. The minimum absolute atomic E-state index is 0.137. The molecule has 1 saturated carbocycles. The zero-order valence-electron chi connectivity index (χ0n) is 28.9. The van der Waals surface area contributed by atoms with Gasteiger partial charge in [0.15, 0.2) is 0 Å². The molecule has 12 nitrogen and oxygen atoms in total. The second-order valence-electron chi connectivity index (χ2n) is 12.9. The lowest BCUT2D eigenvalue weighted by molar-refractivity contribution is -0.149. The lowest BCUT2D eigenvalue weighted by Crippen LogP contribution is -2.55. The molecule has 3 heterocycles. The van der Waals surface area contributed by atoms with Gasteiger partial charge in [-0.1, -0.05) is 61.0 Å². The standard InChI is InChI=1S/C38H45N5O7/c1-4-49-35(45)38-23-28(38)15-11-6-5-7-12-20-42(24-26-16-18-29(47-2)19-17-26)37(46)43-25-30(21-32(43)34(44)41-38)50-33-22-31(39-36(40-33)48-3)27-13-9-8-10-14-27/h8-11,13-19,22,28,30,32H,4-7,12,20-21,23-25H2,1-3H3,(H,41,44)/b15-11-/t28-,30-,32+,38-/m1/s1. The molecule has 1 N–H and O–H groups in total. The van der Waals surface area contributed by atoms with E-state index < -0.39 is 29.6 Å². The fraction of sp³-hybridized carbons (Fsp3) is 0.447. The van der Waals surface area contributed by atoms with Crippen LogP contribution in [0.25, 0.3) is 11.3 Å². The highest BCUT2D eigenvalue weighted by Crippen LogP contribution is 2.46. The lowest BCUT2D eigenvalue weighted by Gasteiger charge is -2.32. The van der Waals surface area contributed by atoms with Crippen LogP contribution < -0.4 is 19.5 Å². The number of benzene rings is 2. The summed E-state index contributed by atoms with van der Waals surface area (Å²) in [4.78, 5) is 54.3. The molecule has 3 aliphatic rings. The van der Waals surface area contributed by atoms with Gasteiger partial charge in [0.05, 0.1) is 33.1 Å². The molecule has 3 amide bonds. The normalized spacial score (nSPS) is 24.5. The van der Waals surface area contributed by atoms with Crippen molar-refractivity contribution in [3.05, 3.63) is 78.4 Å². The fourth-order valence-corrected chi connectivity index (χ4v) is 6.72. The molecule has 0 bridgehead atoms. The monoisotopic (exact) mass is 683 g/mol. The van der Waals surface area contributed by atoms with Crippen molar-refractivity contribution in [3.8, 4) is 28.9 Å². The predicted octanol–water partition coefficient (Wildman–Crippen LogP) is 5.17. The van der Waals surface area contributed by atoms with Crippen LogP contribution in [0.2, 0.25) is 0 Å². The van der Waals surface area contributed by atoms with E-state index in [0.717, 1.165) is 42.6 Å². The fourth-order valence-electron chi connectivity index (χ4n) is 6.72. The average molecular weight is 684 g/mol. The summed E-state index contributed by atoms with van der Waals surface area (Å²) in [5.41, 5.74) is 1.25. The third-order valence-corrected chi connectivity index (χ3v) is 9.50. The van der Waals surface area contributed by atoms with Crippen molar-refractivity contribution in [2.45, 2.75) is 69.7 Å². The SMILES string of the molecule is CCOC(=O)[C@@]12C[C@H]1/C=C\CCCCCN(Cc1ccc(OC)cc1)C(=O)N1C[C@H](Oc3cc(-c4ccccc4)nc(OC)n3)C[C@H]1C(=O)N2. The van der Waals surface area contributed by atoms with Crippen LogP contribution in [-0.4, -0.2) is 89.3 Å². The number of fused-ring (bicyclic) bond motifs is 2. The molecule has 2 fully saturated rings. The summed E-state index contributed by atoms with van der Waals surface area (Å²) < 4.78 is 22.6. The van der Waals surface area contributed by atoms with Crippen molar-refractivity contribution in [1.82, 2.24) is 25.1 Å². The maximum absolute atomic E-state index is 14.5. The second kappa shape index (κ2) is 15.6. The Labute approximate surface area is 292 Å². The molecule has 0 spiro atoms. The highest BCUT2D eigenvalue weighted by molar-refractivity contribution is 5.95. The van der Waals surface area contributed by atoms with Crippen molar-refractivity contribution >= 4 is 17.9 Å². The van der Waals surface area contributed by atoms with E-state index in [0.29, 0.717) is 25.2 Å². The van der Waals surface area contributed by atoms with E-state index in [9.17, 15) is 14.4 Å². The molecule has 12 heteroatoms. The third kappa shape index (κ3) is 7.85. The lowest BCUT2D eigenvalue weighted by atomic mass is 10.1.